The van der Waals surface area contributed by atoms with Crippen molar-refractivity contribution in [3.8, 4) is 11.5 Å². The summed E-state index contributed by atoms with van der Waals surface area (Å²) in [5.74, 6) is 2.34. The molecule has 1 N–H and O–H groups in total. The summed E-state index contributed by atoms with van der Waals surface area (Å²) in [4.78, 5) is 18.5. The Morgan fingerprint density at radius 2 is 2.17 bits per heavy atom. The van der Waals surface area contributed by atoms with Crippen LogP contribution in [-0.4, -0.2) is 40.8 Å². The van der Waals surface area contributed by atoms with E-state index >= 15 is 0 Å². The monoisotopic (exact) mass is 332 g/mol. The number of ether oxygens (including phenoxy) is 2. The fraction of sp³-hybridized carbons (Fsp3) is 0.438. The standard InChI is InChI=1S/C16H20N4O4/c1-4-14-18-15(24-19-14)8-20(3)10(2)16(21)17-11-5-6-12-13(7-11)23-9-22-12/h5-7,10H,4,8-9H2,1-3H3,(H,17,21). The van der Waals surface area contributed by atoms with E-state index in [1.54, 1.807) is 18.2 Å². The normalized spacial score (nSPS) is 14.0. The molecule has 1 aliphatic heterocycles. The van der Waals surface area contributed by atoms with Crippen LogP contribution in [0.4, 0.5) is 5.69 Å². The lowest BCUT2D eigenvalue weighted by Gasteiger charge is -2.22. The highest BCUT2D eigenvalue weighted by Gasteiger charge is 2.21. The Bertz CT molecular complexity index is 731. The van der Waals surface area contributed by atoms with Gasteiger partial charge in [-0.2, -0.15) is 4.98 Å². The molecule has 8 heteroatoms. The Kier molecular flexibility index (Phi) is 4.66. The lowest BCUT2D eigenvalue weighted by Crippen LogP contribution is -2.39. The zero-order valence-corrected chi connectivity index (χ0v) is 13.9. The van der Waals surface area contributed by atoms with E-state index in [2.05, 4.69) is 15.5 Å². The quantitative estimate of drug-likeness (QED) is 0.863. The van der Waals surface area contributed by atoms with E-state index in [-0.39, 0.29) is 18.7 Å². The fourth-order valence-electron chi connectivity index (χ4n) is 2.27. The van der Waals surface area contributed by atoms with Crippen LogP contribution >= 0.6 is 0 Å². The molecule has 0 bridgehead atoms. The molecule has 8 nitrogen and oxygen atoms in total. The van der Waals surface area contributed by atoms with Crippen LogP contribution < -0.4 is 14.8 Å². The Hall–Kier alpha value is -2.61. The van der Waals surface area contributed by atoms with Gasteiger partial charge in [0.15, 0.2) is 17.3 Å². The van der Waals surface area contributed by atoms with Gasteiger partial charge in [0.2, 0.25) is 18.6 Å². The number of hydrogen-bond acceptors (Lipinski definition) is 7. The maximum absolute atomic E-state index is 12.4. The predicted molar refractivity (Wildman–Crippen MR) is 85.8 cm³/mol. The Morgan fingerprint density at radius 1 is 1.38 bits per heavy atom. The molecule has 2 aromatic rings. The Balaban J connectivity index is 1.59. The largest absolute Gasteiger partial charge is 0.454 e. The first-order valence-corrected chi connectivity index (χ1v) is 7.79. The molecule has 1 aliphatic rings. The van der Waals surface area contributed by atoms with E-state index in [4.69, 9.17) is 14.0 Å². The number of rotatable bonds is 6. The molecule has 0 radical (unpaired) electrons. The maximum Gasteiger partial charge on any atom is 0.241 e. The number of aryl methyl sites for hydroxylation is 1. The predicted octanol–water partition coefficient (Wildman–Crippen LogP) is 1.82. The van der Waals surface area contributed by atoms with Gasteiger partial charge in [-0.1, -0.05) is 12.1 Å². The smallest absolute Gasteiger partial charge is 0.241 e. The average Bonchev–Trinajstić information content (AvgIpc) is 3.22. The first kappa shape index (κ1) is 16.3. The number of benzene rings is 1. The fourth-order valence-corrected chi connectivity index (χ4v) is 2.27. The minimum Gasteiger partial charge on any atom is -0.454 e. The van der Waals surface area contributed by atoms with Gasteiger partial charge in [0.1, 0.15) is 0 Å². The first-order valence-electron chi connectivity index (χ1n) is 7.79. The summed E-state index contributed by atoms with van der Waals surface area (Å²) in [5, 5.41) is 6.73. The number of nitrogens with zero attached hydrogens (tertiary/aromatic N) is 3. The second kappa shape index (κ2) is 6.88. The van der Waals surface area contributed by atoms with Crippen molar-refractivity contribution in [1.29, 1.82) is 0 Å². The van der Waals surface area contributed by atoms with Gasteiger partial charge in [0.05, 0.1) is 12.6 Å². The van der Waals surface area contributed by atoms with Crippen molar-refractivity contribution < 1.29 is 18.8 Å². The number of nitrogens with one attached hydrogen (secondary N) is 1. The van der Waals surface area contributed by atoms with Crippen LogP contribution in [0.3, 0.4) is 0 Å². The van der Waals surface area contributed by atoms with Crippen molar-refractivity contribution in [2.45, 2.75) is 32.9 Å². The second-order valence-corrected chi connectivity index (χ2v) is 5.61. The minimum absolute atomic E-state index is 0.133. The van der Waals surface area contributed by atoms with E-state index in [1.807, 2.05) is 25.8 Å². The Labute approximate surface area is 139 Å². The van der Waals surface area contributed by atoms with E-state index < -0.39 is 0 Å². The number of amides is 1. The molecule has 0 aliphatic carbocycles. The summed E-state index contributed by atoms with van der Waals surface area (Å²) in [6.07, 6.45) is 0.716. The van der Waals surface area contributed by atoms with Crippen molar-refractivity contribution in [3.63, 3.8) is 0 Å². The van der Waals surface area contributed by atoms with Crippen LogP contribution in [0, 0.1) is 0 Å². The maximum atomic E-state index is 12.4. The molecular formula is C16H20N4O4. The third kappa shape index (κ3) is 3.48. The molecule has 128 valence electrons. The summed E-state index contributed by atoms with van der Waals surface area (Å²) in [6.45, 7) is 4.39. The van der Waals surface area contributed by atoms with Crippen molar-refractivity contribution in [1.82, 2.24) is 15.0 Å². The SMILES string of the molecule is CCc1noc(CN(C)C(C)C(=O)Nc2ccc3c(c2)OCO3)n1. The van der Waals surface area contributed by atoms with Gasteiger partial charge in [-0.15, -0.1) is 0 Å². The third-order valence-electron chi connectivity index (χ3n) is 3.89. The van der Waals surface area contributed by atoms with Crippen LogP contribution in [0.1, 0.15) is 25.6 Å². The van der Waals surface area contributed by atoms with Crippen molar-refractivity contribution in [2.75, 3.05) is 19.2 Å². The number of aromatic nitrogens is 2. The van der Waals surface area contributed by atoms with E-state index in [0.29, 0.717) is 41.9 Å². The molecule has 1 atom stereocenters. The van der Waals surface area contributed by atoms with E-state index in [1.165, 1.54) is 0 Å². The van der Waals surface area contributed by atoms with Crippen LogP contribution in [0.25, 0.3) is 0 Å². The topological polar surface area (TPSA) is 89.7 Å². The second-order valence-electron chi connectivity index (χ2n) is 5.61. The van der Waals surface area contributed by atoms with Crippen molar-refractivity contribution in [2.24, 2.45) is 0 Å². The highest BCUT2D eigenvalue weighted by Crippen LogP contribution is 2.34. The average molecular weight is 332 g/mol. The van der Waals surface area contributed by atoms with Crippen LogP contribution in [0.2, 0.25) is 0 Å². The molecule has 1 aromatic heterocycles. The van der Waals surface area contributed by atoms with Gasteiger partial charge < -0.3 is 19.3 Å². The zero-order valence-electron chi connectivity index (χ0n) is 13.9. The van der Waals surface area contributed by atoms with Gasteiger partial charge >= 0.3 is 0 Å². The lowest BCUT2D eigenvalue weighted by atomic mass is 10.2. The number of hydrogen-bond donors (Lipinski definition) is 1. The highest BCUT2D eigenvalue weighted by atomic mass is 16.7. The lowest BCUT2D eigenvalue weighted by molar-refractivity contribution is -0.120. The zero-order chi connectivity index (χ0) is 17.1. The first-order chi connectivity index (χ1) is 11.6. The summed E-state index contributed by atoms with van der Waals surface area (Å²) < 4.78 is 15.7. The van der Waals surface area contributed by atoms with E-state index in [9.17, 15) is 4.79 Å². The number of carbonyl (C=O) groups is 1. The number of likely N-dealkylation sites (N-methyl/N-ethyl adjacent to an activating group) is 1. The number of fused-ring (bicyclic) bond motifs is 1. The van der Waals surface area contributed by atoms with Crippen LogP contribution in [0.15, 0.2) is 22.7 Å². The third-order valence-corrected chi connectivity index (χ3v) is 3.89. The molecule has 1 unspecified atom stereocenters. The highest BCUT2D eigenvalue weighted by molar-refractivity contribution is 5.94. The summed E-state index contributed by atoms with van der Waals surface area (Å²) >= 11 is 0. The molecule has 0 saturated heterocycles. The molecule has 2 heterocycles. The molecular weight excluding hydrogens is 312 g/mol. The molecule has 24 heavy (non-hydrogen) atoms. The molecule has 3 rings (SSSR count). The van der Waals surface area contributed by atoms with Crippen molar-refractivity contribution >= 4 is 11.6 Å². The molecule has 0 fully saturated rings. The Morgan fingerprint density at radius 3 is 2.92 bits per heavy atom. The van der Waals surface area contributed by atoms with Crippen LogP contribution in [0.5, 0.6) is 11.5 Å². The summed E-state index contributed by atoms with van der Waals surface area (Å²) in [7, 11) is 1.83. The number of anilines is 1. The summed E-state index contributed by atoms with van der Waals surface area (Å²) in [6, 6.07) is 4.94. The van der Waals surface area contributed by atoms with Gasteiger partial charge in [-0.25, -0.2) is 0 Å². The van der Waals surface area contributed by atoms with Gasteiger partial charge in [-0.05, 0) is 26.1 Å². The molecule has 1 aromatic carbocycles. The summed E-state index contributed by atoms with van der Waals surface area (Å²) in [5.41, 5.74) is 0.663. The minimum atomic E-state index is -0.368. The molecule has 0 saturated carbocycles. The van der Waals surface area contributed by atoms with Crippen molar-refractivity contribution in [3.05, 3.63) is 29.9 Å². The van der Waals surface area contributed by atoms with Gasteiger partial charge in [0, 0.05) is 18.2 Å². The van der Waals surface area contributed by atoms with E-state index in [0.717, 1.165) is 0 Å². The van der Waals surface area contributed by atoms with Gasteiger partial charge in [-0.3, -0.25) is 9.69 Å². The number of carbonyl (C=O) groups excluding carboxylic acids is 1. The van der Waals surface area contributed by atoms with Crippen LogP contribution in [-0.2, 0) is 17.8 Å². The van der Waals surface area contributed by atoms with Gasteiger partial charge in [0.25, 0.3) is 0 Å². The molecule has 0 spiro atoms. The molecule has 1 amide bonds.